The number of hydrogen-bond acceptors (Lipinski definition) is 5. The van der Waals surface area contributed by atoms with Crippen LogP contribution in [0.1, 0.15) is 39.5 Å². The molecule has 4 N–H and O–H groups in total. The van der Waals surface area contributed by atoms with Gasteiger partial charge in [-0.05, 0) is 34.9 Å². The van der Waals surface area contributed by atoms with E-state index in [9.17, 15) is 14.4 Å². The number of nitrogens with one attached hydrogen (secondary N) is 4. The van der Waals surface area contributed by atoms with Crippen molar-refractivity contribution in [2.45, 2.75) is 25.6 Å². The first-order valence-electron chi connectivity index (χ1n) is 13.9. The highest BCUT2D eigenvalue weighted by Gasteiger charge is 2.20. The Morgan fingerprint density at radius 3 is 2.16 bits per heavy atom. The fourth-order valence-electron chi connectivity index (χ4n) is 4.19. The number of benzene rings is 4. The predicted molar refractivity (Wildman–Crippen MR) is 168 cm³/mol. The van der Waals surface area contributed by atoms with Crippen LogP contribution in [0.5, 0.6) is 0 Å². The van der Waals surface area contributed by atoms with Crippen LogP contribution < -0.4 is 21.4 Å². The van der Waals surface area contributed by atoms with Gasteiger partial charge in [0.15, 0.2) is 0 Å². The molecule has 10 heteroatoms. The van der Waals surface area contributed by atoms with Crippen molar-refractivity contribution in [2.24, 2.45) is 4.99 Å². The summed E-state index contributed by atoms with van der Waals surface area (Å²) in [5.41, 5.74) is 5.90. The highest BCUT2D eigenvalue weighted by Crippen LogP contribution is 2.18. The van der Waals surface area contributed by atoms with Gasteiger partial charge < -0.3 is 20.7 Å². The van der Waals surface area contributed by atoms with Crippen molar-refractivity contribution in [3.63, 3.8) is 0 Å². The van der Waals surface area contributed by atoms with E-state index in [4.69, 9.17) is 11.3 Å². The van der Waals surface area contributed by atoms with Gasteiger partial charge >= 0.3 is 5.97 Å². The van der Waals surface area contributed by atoms with E-state index in [1.54, 1.807) is 24.3 Å². The molecule has 0 saturated heterocycles. The second-order valence-corrected chi connectivity index (χ2v) is 9.64. The maximum Gasteiger partial charge on any atom is 0.308 e. The predicted octanol–water partition coefficient (Wildman–Crippen LogP) is 4.80. The fraction of sp³-hybridized carbons (Fsp3) is 0.147. The van der Waals surface area contributed by atoms with Crippen LogP contribution in [0.3, 0.4) is 0 Å². The zero-order valence-electron chi connectivity index (χ0n) is 23.9. The van der Waals surface area contributed by atoms with Crippen LogP contribution in [0.2, 0.25) is 0 Å². The summed E-state index contributed by atoms with van der Waals surface area (Å²) in [5.74, 6) is -1.16. The molecule has 0 aromatic heterocycles. The third-order valence-electron chi connectivity index (χ3n) is 6.37. The number of carbonyl (C=O) groups excluding carboxylic acids is 3. The Bertz CT molecular complexity index is 1610. The Kier molecular flexibility index (Phi) is 11.6. The van der Waals surface area contributed by atoms with Gasteiger partial charge in [-0.1, -0.05) is 102 Å². The second kappa shape index (κ2) is 16.5. The zero-order valence-corrected chi connectivity index (χ0v) is 23.9. The minimum absolute atomic E-state index is 0.0724. The minimum Gasteiger partial charge on any atom is -0.461 e. The summed E-state index contributed by atoms with van der Waals surface area (Å²) in [5, 5.41) is 8.46. The Morgan fingerprint density at radius 1 is 0.818 bits per heavy atom. The van der Waals surface area contributed by atoms with E-state index in [-0.39, 0.29) is 25.5 Å². The van der Waals surface area contributed by atoms with Crippen LogP contribution in [0.25, 0.3) is 4.95 Å². The van der Waals surface area contributed by atoms with Crippen LogP contribution in [-0.4, -0.2) is 30.3 Å². The molecule has 0 radical (unpaired) electrons. The number of nitrogens with zero attached hydrogens (tertiary/aromatic N) is 2. The minimum atomic E-state index is -0.639. The van der Waals surface area contributed by atoms with Crippen molar-refractivity contribution < 1.29 is 19.1 Å². The molecule has 0 saturated carbocycles. The van der Waals surface area contributed by atoms with Crippen LogP contribution in [0, 0.1) is 6.57 Å². The molecule has 0 aliphatic rings. The van der Waals surface area contributed by atoms with E-state index in [0.717, 1.165) is 16.7 Å². The molecular formula is C34H32N6O4. The molecule has 0 bridgehead atoms. The summed E-state index contributed by atoms with van der Waals surface area (Å²) >= 11 is 0. The lowest BCUT2D eigenvalue weighted by molar-refractivity contribution is -0.145. The molecule has 222 valence electrons. The van der Waals surface area contributed by atoms with E-state index >= 15 is 0 Å². The number of rotatable bonds is 12. The molecule has 0 fully saturated rings. The lowest BCUT2D eigenvalue weighted by atomic mass is 10.0. The molecule has 10 nitrogen and oxygen atoms in total. The maximum atomic E-state index is 12.9. The Hall–Kier alpha value is -5.95. The van der Waals surface area contributed by atoms with Crippen LogP contribution in [0.4, 0.5) is 5.69 Å². The summed E-state index contributed by atoms with van der Waals surface area (Å²) in [7, 11) is 0. The van der Waals surface area contributed by atoms with Crippen molar-refractivity contribution in [3.05, 3.63) is 149 Å². The standard InChI is InChI=1S/C34H32N6O4/c1-35-40-34(37-22-25-12-5-2-6-13-25)38-29-19-11-18-28(20-29)33(43)36-23-31(41)39-30(27-16-9-4-10-17-27)21-32(42)44-24-26-14-7-3-8-15-26/h2-20,30H,21-24H2,(H,36,43)(H,39,41)(H2,37,38,40). The normalized spacial score (nSPS) is 11.4. The molecule has 4 aromatic rings. The van der Waals surface area contributed by atoms with Gasteiger partial charge in [0.25, 0.3) is 11.9 Å². The van der Waals surface area contributed by atoms with Crippen molar-refractivity contribution in [1.82, 2.24) is 16.1 Å². The Morgan fingerprint density at radius 2 is 1.48 bits per heavy atom. The maximum absolute atomic E-state index is 12.9. The molecule has 0 heterocycles. The van der Waals surface area contributed by atoms with Gasteiger partial charge in [0, 0.05) is 11.3 Å². The summed E-state index contributed by atoms with van der Waals surface area (Å²) in [6, 6.07) is 34.0. The van der Waals surface area contributed by atoms with Crippen molar-refractivity contribution >= 4 is 29.4 Å². The molecule has 1 unspecified atom stereocenters. The van der Waals surface area contributed by atoms with Crippen molar-refractivity contribution in [1.29, 1.82) is 0 Å². The molecular weight excluding hydrogens is 556 g/mol. The first-order chi connectivity index (χ1) is 21.5. The highest BCUT2D eigenvalue weighted by molar-refractivity contribution is 5.99. The number of carbonyl (C=O) groups is 3. The second-order valence-electron chi connectivity index (χ2n) is 9.64. The topological polar surface area (TPSA) is 125 Å². The summed E-state index contributed by atoms with van der Waals surface area (Å²) < 4.78 is 5.41. The highest BCUT2D eigenvalue weighted by atomic mass is 16.5. The molecule has 0 aliphatic heterocycles. The molecule has 0 spiro atoms. The van der Waals surface area contributed by atoms with Gasteiger partial charge in [0.05, 0.1) is 25.6 Å². The Labute approximate surface area is 256 Å². The average Bonchev–Trinajstić information content (AvgIpc) is 3.06. The number of guanidine groups is 1. The summed E-state index contributed by atoms with van der Waals surface area (Å²) in [6.45, 7) is 7.34. The monoisotopic (exact) mass is 588 g/mol. The van der Waals surface area contributed by atoms with E-state index in [2.05, 4.69) is 31.3 Å². The van der Waals surface area contributed by atoms with Gasteiger partial charge in [-0.15, -0.1) is 0 Å². The van der Waals surface area contributed by atoms with Crippen LogP contribution in [-0.2, 0) is 27.5 Å². The third kappa shape index (κ3) is 10.2. The number of ether oxygens (including phenoxy) is 1. The fourth-order valence-corrected chi connectivity index (χ4v) is 4.19. The molecule has 4 rings (SSSR count). The number of esters is 1. The number of aliphatic imine (C=N–C) groups is 1. The van der Waals surface area contributed by atoms with Gasteiger partial charge in [-0.2, -0.15) is 11.5 Å². The molecule has 1 atom stereocenters. The lowest BCUT2D eigenvalue weighted by Gasteiger charge is -2.19. The summed E-state index contributed by atoms with van der Waals surface area (Å²) in [4.78, 5) is 46.0. The Balaban J connectivity index is 1.32. The third-order valence-corrected chi connectivity index (χ3v) is 6.37. The number of hydrogen-bond donors (Lipinski definition) is 4. The zero-order chi connectivity index (χ0) is 31.0. The van der Waals surface area contributed by atoms with Crippen molar-refractivity contribution in [3.8, 4) is 0 Å². The largest absolute Gasteiger partial charge is 0.461 e. The van der Waals surface area contributed by atoms with E-state index < -0.39 is 23.8 Å². The van der Waals surface area contributed by atoms with E-state index in [1.807, 2.05) is 91.0 Å². The molecule has 2 amide bonds. The van der Waals surface area contributed by atoms with Crippen molar-refractivity contribution in [2.75, 3.05) is 11.9 Å². The van der Waals surface area contributed by atoms with Gasteiger partial charge in [0.2, 0.25) is 5.91 Å². The first kappa shape index (κ1) is 31.0. The SMILES string of the molecule is [C-]#[N+]NC(=NCc1ccccc1)Nc1cccc(C(=O)NCC(=O)NC(CC(=O)OCc2ccccc2)c2ccccc2)c1. The molecule has 0 aliphatic carbocycles. The van der Waals surface area contributed by atoms with Gasteiger partial charge in [0.1, 0.15) is 6.61 Å². The number of amides is 2. The first-order valence-corrected chi connectivity index (χ1v) is 13.9. The lowest BCUT2D eigenvalue weighted by Crippen LogP contribution is -2.39. The van der Waals surface area contributed by atoms with Gasteiger partial charge in [-0.25, -0.2) is 4.99 Å². The summed E-state index contributed by atoms with van der Waals surface area (Å²) in [6.07, 6.45) is -0.0724. The quantitative estimate of drug-likeness (QED) is 0.0620. The molecule has 4 aromatic carbocycles. The van der Waals surface area contributed by atoms with E-state index in [1.165, 1.54) is 0 Å². The number of anilines is 1. The smallest absolute Gasteiger partial charge is 0.308 e. The van der Waals surface area contributed by atoms with E-state index in [0.29, 0.717) is 17.8 Å². The van der Waals surface area contributed by atoms with Gasteiger partial charge in [-0.3, -0.25) is 14.4 Å². The molecule has 44 heavy (non-hydrogen) atoms. The van der Waals surface area contributed by atoms with Crippen LogP contribution in [0.15, 0.2) is 120 Å². The average molecular weight is 589 g/mol. The van der Waals surface area contributed by atoms with Crippen LogP contribution >= 0.6 is 0 Å².